The number of nitriles is 1. The van der Waals surface area contributed by atoms with Crippen molar-refractivity contribution in [3.8, 4) is 17.6 Å². The van der Waals surface area contributed by atoms with Crippen LogP contribution in [-0.2, 0) is 5.41 Å². The summed E-state index contributed by atoms with van der Waals surface area (Å²) in [6, 6.07) is 8.35. The molecule has 3 heteroatoms. The molecule has 0 aromatic heterocycles. The van der Waals surface area contributed by atoms with Gasteiger partial charge in [-0.3, -0.25) is 0 Å². The van der Waals surface area contributed by atoms with Gasteiger partial charge in [0.15, 0.2) is 11.5 Å². The van der Waals surface area contributed by atoms with Crippen LogP contribution in [0.25, 0.3) is 0 Å². The molecule has 1 saturated carbocycles. The van der Waals surface area contributed by atoms with E-state index in [1.54, 1.807) is 0 Å². The molecule has 0 bridgehead atoms. The molecule has 2 aliphatic rings. The number of ether oxygens (including phenoxy) is 2. The van der Waals surface area contributed by atoms with Crippen LogP contribution in [0.5, 0.6) is 11.5 Å². The van der Waals surface area contributed by atoms with E-state index < -0.39 is 0 Å². The van der Waals surface area contributed by atoms with Gasteiger partial charge in [-0.05, 0) is 24.1 Å². The highest BCUT2D eigenvalue weighted by atomic mass is 16.6. The molecule has 0 spiro atoms. The predicted octanol–water partition coefficient (Wildman–Crippen LogP) is 2.26. The smallest absolute Gasteiger partial charge is 0.161 e. The predicted molar refractivity (Wildman–Crippen MR) is 58.5 cm³/mol. The number of nitrogens with zero attached hydrogens (tertiary/aromatic N) is 1. The minimum atomic E-state index is 0.0184. The molecule has 0 N–H and O–H groups in total. The average Bonchev–Trinajstić information content (AvgIpc) is 3.01. The maximum atomic E-state index is 8.94. The lowest BCUT2D eigenvalue weighted by atomic mass is 9.95. The lowest BCUT2D eigenvalue weighted by Crippen LogP contribution is -2.16. The zero-order chi connectivity index (χ0) is 11.2. The van der Waals surface area contributed by atoms with E-state index in [4.69, 9.17) is 14.7 Å². The molecule has 0 amide bonds. The molecule has 1 fully saturated rings. The Morgan fingerprint density at radius 1 is 1.31 bits per heavy atom. The quantitative estimate of drug-likeness (QED) is 0.721. The summed E-state index contributed by atoms with van der Waals surface area (Å²) < 4.78 is 11.0. The van der Waals surface area contributed by atoms with E-state index in [0.29, 0.717) is 13.2 Å². The Labute approximate surface area is 94.6 Å². The minimum Gasteiger partial charge on any atom is -0.486 e. The van der Waals surface area contributed by atoms with Gasteiger partial charge in [-0.25, -0.2) is 0 Å². The Morgan fingerprint density at radius 3 is 2.75 bits per heavy atom. The first-order valence-electron chi connectivity index (χ1n) is 5.54. The molecule has 2 unspecified atom stereocenters. The van der Waals surface area contributed by atoms with E-state index in [9.17, 15) is 0 Å². The monoisotopic (exact) mass is 215 g/mol. The standard InChI is InChI=1S/C13H13NO2/c1-13(7-10(13)8-14)9-2-3-11-12(6-9)16-5-4-15-11/h2-3,6,10H,4-5,7H2,1H3. The van der Waals surface area contributed by atoms with Crippen LogP contribution in [0.1, 0.15) is 18.9 Å². The molecule has 0 saturated heterocycles. The zero-order valence-corrected chi connectivity index (χ0v) is 9.19. The second-order valence-corrected chi connectivity index (χ2v) is 4.66. The van der Waals surface area contributed by atoms with Gasteiger partial charge in [-0.1, -0.05) is 13.0 Å². The van der Waals surface area contributed by atoms with Crippen LogP contribution >= 0.6 is 0 Å². The van der Waals surface area contributed by atoms with Gasteiger partial charge < -0.3 is 9.47 Å². The summed E-state index contributed by atoms with van der Waals surface area (Å²) in [5.74, 6) is 1.77. The van der Waals surface area contributed by atoms with Gasteiger partial charge in [0.05, 0.1) is 12.0 Å². The first kappa shape index (κ1) is 9.53. The summed E-state index contributed by atoms with van der Waals surface area (Å²) in [7, 11) is 0. The third-order valence-corrected chi connectivity index (χ3v) is 3.59. The van der Waals surface area contributed by atoms with Gasteiger partial charge in [-0.15, -0.1) is 0 Å². The molecule has 3 rings (SSSR count). The lowest BCUT2D eigenvalue weighted by Gasteiger charge is -2.20. The van der Waals surface area contributed by atoms with Crippen LogP contribution in [0.3, 0.4) is 0 Å². The SMILES string of the molecule is CC1(c2ccc3c(c2)OCCO3)CC1C#N. The van der Waals surface area contributed by atoms with Crippen molar-refractivity contribution >= 4 is 0 Å². The van der Waals surface area contributed by atoms with Crippen LogP contribution in [0.4, 0.5) is 0 Å². The number of hydrogen-bond acceptors (Lipinski definition) is 3. The first-order chi connectivity index (χ1) is 7.74. The van der Waals surface area contributed by atoms with Crippen molar-refractivity contribution in [1.82, 2.24) is 0 Å². The highest BCUT2D eigenvalue weighted by Crippen LogP contribution is 2.54. The molecule has 1 aliphatic carbocycles. The summed E-state index contributed by atoms with van der Waals surface area (Å²) in [4.78, 5) is 0. The average molecular weight is 215 g/mol. The number of hydrogen-bond donors (Lipinski definition) is 0. The Kier molecular flexibility index (Phi) is 1.88. The van der Waals surface area contributed by atoms with Crippen LogP contribution in [0.15, 0.2) is 18.2 Å². The van der Waals surface area contributed by atoms with Crippen molar-refractivity contribution in [2.75, 3.05) is 13.2 Å². The highest BCUT2D eigenvalue weighted by Gasteiger charge is 2.52. The van der Waals surface area contributed by atoms with E-state index in [-0.39, 0.29) is 11.3 Å². The number of rotatable bonds is 1. The summed E-state index contributed by atoms with van der Waals surface area (Å²) in [6.07, 6.45) is 0.948. The van der Waals surface area contributed by atoms with E-state index in [2.05, 4.69) is 13.0 Å². The molecule has 1 aliphatic heterocycles. The summed E-state index contributed by atoms with van der Waals surface area (Å²) in [6.45, 7) is 3.35. The lowest BCUT2D eigenvalue weighted by molar-refractivity contribution is 0.171. The van der Waals surface area contributed by atoms with Crippen molar-refractivity contribution in [1.29, 1.82) is 5.26 Å². The number of benzene rings is 1. The largest absolute Gasteiger partial charge is 0.486 e. The Hall–Kier alpha value is -1.69. The normalized spacial score (nSPS) is 30.6. The van der Waals surface area contributed by atoms with Crippen molar-refractivity contribution in [3.05, 3.63) is 23.8 Å². The fraction of sp³-hybridized carbons (Fsp3) is 0.462. The second-order valence-electron chi connectivity index (χ2n) is 4.66. The van der Waals surface area contributed by atoms with E-state index >= 15 is 0 Å². The third-order valence-electron chi connectivity index (χ3n) is 3.59. The molecule has 16 heavy (non-hydrogen) atoms. The van der Waals surface area contributed by atoms with Crippen LogP contribution in [0, 0.1) is 17.2 Å². The maximum Gasteiger partial charge on any atom is 0.161 e. The van der Waals surface area contributed by atoms with Gasteiger partial charge in [0, 0.05) is 5.41 Å². The molecule has 1 aromatic carbocycles. The van der Waals surface area contributed by atoms with Gasteiger partial charge in [0.2, 0.25) is 0 Å². The first-order valence-corrected chi connectivity index (χ1v) is 5.54. The summed E-state index contributed by atoms with van der Waals surface area (Å²) in [5, 5.41) is 8.94. The molecule has 1 heterocycles. The molecule has 1 aromatic rings. The Morgan fingerprint density at radius 2 is 2.06 bits per heavy atom. The van der Waals surface area contributed by atoms with Crippen molar-refractivity contribution < 1.29 is 9.47 Å². The van der Waals surface area contributed by atoms with Crippen LogP contribution in [-0.4, -0.2) is 13.2 Å². The van der Waals surface area contributed by atoms with E-state index in [1.807, 2.05) is 18.2 Å². The van der Waals surface area contributed by atoms with Gasteiger partial charge in [0.25, 0.3) is 0 Å². The van der Waals surface area contributed by atoms with Gasteiger partial charge in [0.1, 0.15) is 13.2 Å². The summed E-state index contributed by atoms with van der Waals surface area (Å²) >= 11 is 0. The Balaban J connectivity index is 1.96. The molecular weight excluding hydrogens is 202 g/mol. The van der Waals surface area contributed by atoms with Crippen LogP contribution in [0.2, 0.25) is 0 Å². The molecular formula is C13H13NO2. The Bertz CT molecular complexity index is 477. The fourth-order valence-corrected chi connectivity index (χ4v) is 2.27. The molecule has 0 radical (unpaired) electrons. The minimum absolute atomic E-state index is 0.0184. The molecule has 2 atom stereocenters. The number of fused-ring (bicyclic) bond motifs is 1. The maximum absolute atomic E-state index is 8.94. The van der Waals surface area contributed by atoms with Gasteiger partial charge in [-0.2, -0.15) is 5.26 Å². The van der Waals surface area contributed by atoms with Crippen molar-refractivity contribution in [2.45, 2.75) is 18.8 Å². The fourth-order valence-electron chi connectivity index (χ4n) is 2.27. The second kappa shape index (κ2) is 3.15. The summed E-state index contributed by atoms with van der Waals surface area (Å²) in [5.41, 5.74) is 1.20. The van der Waals surface area contributed by atoms with E-state index in [0.717, 1.165) is 17.9 Å². The van der Waals surface area contributed by atoms with Crippen molar-refractivity contribution in [2.24, 2.45) is 5.92 Å². The zero-order valence-electron chi connectivity index (χ0n) is 9.19. The van der Waals surface area contributed by atoms with Gasteiger partial charge >= 0.3 is 0 Å². The third kappa shape index (κ3) is 1.26. The topological polar surface area (TPSA) is 42.2 Å². The molecule has 3 nitrogen and oxygen atoms in total. The molecule has 82 valence electrons. The van der Waals surface area contributed by atoms with Crippen LogP contribution < -0.4 is 9.47 Å². The van der Waals surface area contributed by atoms with E-state index in [1.165, 1.54) is 5.56 Å². The van der Waals surface area contributed by atoms with Crippen molar-refractivity contribution in [3.63, 3.8) is 0 Å². The highest BCUT2D eigenvalue weighted by molar-refractivity contribution is 5.48.